The predicted octanol–water partition coefficient (Wildman–Crippen LogP) is 3.59. The van der Waals surface area contributed by atoms with E-state index in [4.69, 9.17) is 0 Å². The lowest BCUT2D eigenvalue weighted by Gasteiger charge is -2.36. The van der Waals surface area contributed by atoms with Crippen molar-refractivity contribution >= 4 is 0 Å². The van der Waals surface area contributed by atoms with Gasteiger partial charge in [-0.3, -0.25) is 0 Å². The van der Waals surface area contributed by atoms with Crippen molar-refractivity contribution in [3.05, 3.63) is 0 Å². The fourth-order valence-corrected chi connectivity index (χ4v) is 3.25. The van der Waals surface area contributed by atoms with E-state index in [-0.39, 0.29) is 0 Å². The van der Waals surface area contributed by atoms with Crippen LogP contribution in [0.4, 0.5) is 0 Å². The zero-order valence-corrected chi connectivity index (χ0v) is 10.7. The summed E-state index contributed by atoms with van der Waals surface area (Å²) >= 11 is 0. The minimum atomic E-state index is 0.705. The van der Waals surface area contributed by atoms with E-state index in [9.17, 15) is 0 Å². The molecule has 0 bridgehead atoms. The third-order valence-electron chi connectivity index (χ3n) is 4.96. The molecule has 2 aliphatic carbocycles. The minimum absolute atomic E-state index is 0.705. The Labute approximate surface area is 95.0 Å². The second-order valence-electron chi connectivity index (χ2n) is 6.15. The van der Waals surface area contributed by atoms with Gasteiger partial charge in [0, 0.05) is 12.6 Å². The first-order valence-electron chi connectivity index (χ1n) is 6.90. The van der Waals surface area contributed by atoms with Crippen LogP contribution in [0.3, 0.4) is 0 Å². The largest absolute Gasteiger partial charge is 0.313 e. The molecule has 88 valence electrons. The van der Waals surface area contributed by atoms with Crippen molar-refractivity contribution in [1.82, 2.24) is 5.32 Å². The maximum absolute atomic E-state index is 3.87. The van der Waals surface area contributed by atoms with Crippen molar-refractivity contribution in [3.63, 3.8) is 0 Å². The molecule has 0 amide bonds. The normalized spacial score (nSPS) is 39.0. The summed E-state index contributed by atoms with van der Waals surface area (Å²) in [4.78, 5) is 0. The Balaban J connectivity index is 1.81. The summed E-state index contributed by atoms with van der Waals surface area (Å²) in [7, 11) is 0. The predicted molar refractivity (Wildman–Crippen MR) is 65.9 cm³/mol. The van der Waals surface area contributed by atoms with Gasteiger partial charge in [-0.2, -0.15) is 0 Å². The van der Waals surface area contributed by atoms with Crippen molar-refractivity contribution < 1.29 is 0 Å². The lowest BCUT2D eigenvalue weighted by Crippen LogP contribution is -2.45. The molecular formula is C14H27N. The van der Waals surface area contributed by atoms with E-state index in [1.807, 2.05) is 0 Å². The first-order chi connectivity index (χ1) is 7.17. The fourth-order valence-electron chi connectivity index (χ4n) is 3.25. The molecule has 2 fully saturated rings. The van der Waals surface area contributed by atoms with E-state index >= 15 is 0 Å². The van der Waals surface area contributed by atoms with Gasteiger partial charge in [-0.05, 0) is 49.4 Å². The van der Waals surface area contributed by atoms with Crippen molar-refractivity contribution in [2.45, 2.75) is 65.3 Å². The van der Waals surface area contributed by atoms with Gasteiger partial charge in [-0.15, -0.1) is 0 Å². The Kier molecular flexibility index (Phi) is 3.39. The molecule has 0 aromatic carbocycles. The lowest BCUT2D eigenvalue weighted by molar-refractivity contribution is 0.198. The van der Waals surface area contributed by atoms with E-state index < -0.39 is 0 Å². The highest BCUT2D eigenvalue weighted by atomic mass is 15.0. The number of nitrogens with one attached hydrogen (secondary N) is 1. The van der Waals surface area contributed by atoms with Gasteiger partial charge in [-0.1, -0.05) is 27.2 Å². The van der Waals surface area contributed by atoms with Gasteiger partial charge in [-0.25, -0.2) is 0 Å². The smallest absolute Gasteiger partial charge is 0.0118 e. The SMILES string of the molecule is CCC1(CNC2C(C)CCCC2C)CC1. The molecule has 0 aliphatic heterocycles. The summed E-state index contributed by atoms with van der Waals surface area (Å²) in [6.07, 6.45) is 8.61. The zero-order valence-electron chi connectivity index (χ0n) is 10.7. The highest BCUT2D eigenvalue weighted by molar-refractivity contribution is 4.95. The molecule has 1 heteroatoms. The average Bonchev–Trinajstić information content (AvgIpc) is 2.98. The van der Waals surface area contributed by atoms with Crippen LogP contribution in [0.2, 0.25) is 0 Å². The second-order valence-corrected chi connectivity index (χ2v) is 6.15. The van der Waals surface area contributed by atoms with E-state index in [0.717, 1.165) is 17.9 Å². The van der Waals surface area contributed by atoms with Crippen molar-refractivity contribution in [3.8, 4) is 0 Å². The Morgan fingerprint density at radius 3 is 2.20 bits per heavy atom. The molecule has 2 aliphatic rings. The van der Waals surface area contributed by atoms with Crippen molar-refractivity contribution in [1.29, 1.82) is 0 Å². The van der Waals surface area contributed by atoms with Crippen LogP contribution in [0.15, 0.2) is 0 Å². The van der Waals surface area contributed by atoms with Crippen LogP contribution >= 0.6 is 0 Å². The summed E-state index contributed by atoms with van der Waals surface area (Å²) in [5, 5.41) is 3.87. The van der Waals surface area contributed by atoms with Gasteiger partial charge in [0.1, 0.15) is 0 Å². The van der Waals surface area contributed by atoms with Gasteiger partial charge in [0.25, 0.3) is 0 Å². The highest BCUT2D eigenvalue weighted by Crippen LogP contribution is 2.48. The Morgan fingerprint density at radius 2 is 1.73 bits per heavy atom. The van der Waals surface area contributed by atoms with Gasteiger partial charge < -0.3 is 5.32 Å². The van der Waals surface area contributed by atoms with Gasteiger partial charge in [0.2, 0.25) is 0 Å². The number of hydrogen-bond acceptors (Lipinski definition) is 1. The standard InChI is InChI=1S/C14H27N/c1-4-14(8-9-14)10-15-13-11(2)6-5-7-12(13)3/h11-13,15H,4-10H2,1-3H3. The fraction of sp³-hybridized carbons (Fsp3) is 1.00. The summed E-state index contributed by atoms with van der Waals surface area (Å²) < 4.78 is 0. The molecule has 0 saturated heterocycles. The maximum atomic E-state index is 3.87. The Bertz CT molecular complexity index is 197. The number of hydrogen-bond donors (Lipinski definition) is 1. The van der Waals surface area contributed by atoms with E-state index in [1.54, 1.807) is 0 Å². The molecule has 1 N–H and O–H groups in total. The van der Waals surface area contributed by atoms with Gasteiger partial charge in [0.05, 0.1) is 0 Å². The van der Waals surface area contributed by atoms with Crippen LogP contribution in [-0.2, 0) is 0 Å². The number of rotatable bonds is 4. The summed E-state index contributed by atoms with van der Waals surface area (Å²) in [5.74, 6) is 1.78. The van der Waals surface area contributed by atoms with Crippen LogP contribution in [-0.4, -0.2) is 12.6 Å². The van der Waals surface area contributed by atoms with E-state index in [0.29, 0.717) is 5.41 Å². The third kappa shape index (κ3) is 2.55. The molecule has 2 unspecified atom stereocenters. The summed E-state index contributed by atoms with van der Waals surface area (Å²) in [6.45, 7) is 8.49. The lowest BCUT2D eigenvalue weighted by atomic mass is 9.78. The molecule has 0 heterocycles. The van der Waals surface area contributed by atoms with Crippen LogP contribution in [0.25, 0.3) is 0 Å². The Morgan fingerprint density at radius 1 is 1.13 bits per heavy atom. The average molecular weight is 209 g/mol. The monoisotopic (exact) mass is 209 g/mol. The summed E-state index contributed by atoms with van der Waals surface area (Å²) in [6, 6.07) is 0.794. The van der Waals surface area contributed by atoms with Crippen LogP contribution in [0.1, 0.15) is 59.3 Å². The van der Waals surface area contributed by atoms with E-state index in [1.165, 1.54) is 45.1 Å². The van der Waals surface area contributed by atoms with E-state index in [2.05, 4.69) is 26.1 Å². The molecule has 0 radical (unpaired) electrons. The molecule has 2 rings (SSSR count). The molecule has 1 nitrogen and oxygen atoms in total. The topological polar surface area (TPSA) is 12.0 Å². The van der Waals surface area contributed by atoms with Crippen LogP contribution < -0.4 is 5.32 Å². The minimum Gasteiger partial charge on any atom is -0.313 e. The molecule has 0 spiro atoms. The molecule has 2 atom stereocenters. The molecule has 15 heavy (non-hydrogen) atoms. The Hall–Kier alpha value is -0.0400. The maximum Gasteiger partial charge on any atom is 0.0118 e. The highest BCUT2D eigenvalue weighted by Gasteiger charge is 2.41. The quantitative estimate of drug-likeness (QED) is 0.746. The molecular weight excluding hydrogens is 182 g/mol. The third-order valence-corrected chi connectivity index (χ3v) is 4.96. The van der Waals surface area contributed by atoms with Crippen LogP contribution in [0.5, 0.6) is 0 Å². The molecule has 2 saturated carbocycles. The zero-order chi connectivity index (χ0) is 10.9. The molecule has 0 aromatic heterocycles. The first kappa shape index (κ1) is 11.4. The van der Waals surface area contributed by atoms with Gasteiger partial charge in [0.15, 0.2) is 0 Å². The van der Waals surface area contributed by atoms with Crippen LogP contribution in [0, 0.1) is 17.3 Å². The van der Waals surface area contributed by atoms with Gasteiger partial charge >= 0.3 is 0 Å². The second kappa shape index (κ2) is 4.45. The first-order valence-corrected chi connectivity index (χ1v) is 6.90. The molecule has 0 aromatic rings. The van der Waals surface area contributed by atoms with Crippen molar-refractivity contribution in [2.24, 2.45) is 17.3 Å². The van der Waals surface area contributed by atoms with Crippen molar-refractivity contribution in [2.75, 3.05) is 6.54 Å². The summed E-state index contributed by atoms with van der Waals surface area (Å²) in [5.41, 5.74) is 0.705.